The van der Waals surface area contributed by atoms with Gasteiger partial charge in [-0.05, 0) is 31.5 Å². The van der Waals surface area contributed by atoms with Crippen molar-refractivity contribution in [3.8, 4) is 23.3 Å². The molecule has 8 nitrogen and oxygen atoms in total. The Kier molecular flexibility index (Phi) is 4.87. The highest BCUT2D eigenvalue weighted by Gasteiger charge is 2.38. The van der Waals surface area contributed by atoms with Crippen LogP contribution in [0.4, 0.5) is 0 Å². The number of rotatable bonds is 5. The number of hydrogen-bond acceptors (Lipinski definition) is 6. The lowest BCUT2D eigenvalue weighted by molar-refractivity contribution is 0.0956. The smallest absolute Gasteiger partial charge is 0.319 e. The molecule has 3 aromatic rings. The maximum Gasteiger partial charge on any atom is 0.319 e. The minimum Gasteiger partial charge on any atom is -0.480 e. The highest BCUT2D eigenvalue weighted by Crippen LogP contribution is 2.39. The SMILES string of the molecule is COc1ncc(-c2nc3c(n2C(C)C)[C@H](c2ccc(Cl)cc2)NC3=O)c(OC)n1. The summed E-state index contributed by atoms with van der Waals surface area (Å²) < 4.78 is 12.5. The van der Waals surface area contributed by atoms with Crippen LogP contribution in [0.5, 0.6) is 11.9 Å². The predicted octanol–water partition coefficient (Wildman–Crippen LogP) is 3.42. The first-order chi connectivity index (χ1) is 13.9. The molecule has 0 unspecified atom stereocenters. The van der Waals surface area contributed by atoms with Crippen molar-refractivity contribution in [2.75, 3.05) is 14.2 Å². The molecule has 0 radical (unpaired) electrons. The monoisotopic (exact) mass is 413 g/mol. The third-order valence-corrected chi connectivity index (χ3v) is 5.03. The average Bonchev–Trinajstić information content (AvgIpc) is 3.26. The maximum absolute atomic E-state index is 12.7. The number of methoxy groups -OCH3 is 2. The number of fused-ring (bicyclic) bond motifs is 1. The molecule has 0 aliphatic carbocycles. The zero-order valence-corrected chi connectivity index (χ0v) is 17.2. The van der Waals surface area contributed by atoms with E-state index in [1.807, 2.05) is 30.5 Å². The summed E-state index contributed by atoms with van der Waals surface area (Å²) in [7, 11) is 3.00. The van der Waals surface area contributed by atoms with E-state index in [0.29, 0.717) is 28.0 Å². The molecule has 0 spiro atoms. The Bertz CT molecular complexity index is 1080. The number of carbonyl (C=O) groups is 1. The molecule has 3 heterocycles. The summed E-state index contributed by atoms with van der Waals surface area (Å²) in [6.07, 6.45) is 1.59. The highest BCUT2D eigenvalue weighted by atomic mass is 35.5. The number of imidazole rings is 1. The van der Waals surface area contributed by atoms with Crippen LogP contribution in [0.15, 0.2) is 30.5 Å². The maximum atomic E-state index is 12.7. The minimum atomic E-state index is -0.330. The second-order valence-corrected chi connectivity index (χ2v) is 7.31. The van der Waals surface area contributed by atoms with Crippen LogP contribution in [0.2, 0.25) is 5.02 Å². The molecule has 0 saturated carbocycles. The largest absolute Gasteiger partial charge is 0.480 e. The molecule has 0 bridgehead atoms. The van der Waals surface area contributed by atoms with Crippen LogP contribution in [0, 0.1) is 0 Å². The molecule has 1 atom stereocenters. The van der Waals surface area contributed by atoms with Crippen molar-refractivity contribution in [3.05, 3.63) is 52.4 Å². The lowest BCUT2D eigenvalue weighted by atomic mass is 10.0. The molecule has 1 amide bonds. The Morgan fingerprint density at radius 1 is 1.14 bits per heavy atom. The predicted molar refractivity (Wildman–Crippen MR) is 108 cm³/mol. The zero-order valence-electron chi connectivity index (χ0n) is 16.4. The third kappa shape index (κ3) is 3.19. The van der Waals surface area contributed by atoms with E-state index in [1.54, 1.807) is 18.3 Å². The van der Waals surface area contributed by atoms with Crippen molar-refractivity contribution in [1.82, 2.24) is 24.8 Å². The van der Waals surface area contributed by atoms with Gasteiger partial charge in [0.05, 0.1) is 31.5 Å². The van der Waals surface area contributed by atoms with E-state index < -0.39 is 0 Å². The van der Waals surface area contributed by atoms with E-state index in [9.17, 15) is 4.79 Å². The van der Waals surface area contributed by atoms with Gasteiger partial charge in [0.15, 0.2) is 5.69 Å². The van der Waals surface area contributed by atoms with Crippen LogP contribution < -0.4 is 14.8 Å². The molecule has 0 fully saturated rings. The third-order valence-electron chi connectivity index (χ3n) is 4.78. The number of carbonyl (C=O) groups excluding carboxylic acids is 1. The van der Waals surface area contributed by atoms with E-state index in [4.69, 9.17) is 21.1 Å². The molecule has 4 rings (SSSR count). The Hall–Kier alpha value is -3.13. The fraction of sp³-hybridized carbons (Fsp3) is 0.300. The molecule has 2 aromatic heterocycles. The van der Waals surface area contributed by atoms with E-state index in [2.05, 4.69) is 20.3 Å². The van der Waals surface area contributed by atoms with Crippen molar-refractivity contribution in [2.45, 2.75) is 25.9 Å². The molecule has 1 aromatic carbocycles. The van der Waals surface area contributed by atoms with Crippen molar-refractivity contribution >= 4 is 17.5 Å². The van der Waals surface area contributed by atoms with Crippen LogP contribution in [-0.2, 0) is 0 Å². The Labute approximate surface area is 172 Å². The number of ether oxygens (including phenoxy) is 2. The minimum absolute atomic E-state index is 0.0237. The summed E-state index contributed by atoms with van der Waals surface area (Å²) in [5.41, 5.74) is 2.68. The van der Waals surface area contributed by atoms with Gasteiger partial charge in [-0.1, -0.05) is 23.7 Å². The Morgan fingerprint density at radius 3 is 2.48 bits per heavy atom. The Balaban J connectivity index is 1.91. The topological polar surface area (TPSA) is 91.2 Å². The van der Waals surface area contributed by atoms with E-state index in [-0.39, 0.29) is 24.0 Å². The standard InChI is InChI=1S/C20H20ClN5O3/c1-10(2)26-16-14(11-5-7-12(21)8-6-11)24-18(27)15(16)23-17(26)13-9-22-20(29-4)25-19(13)28-3/h5-10,14H,1-4H3,(H,24,27)/t14-/m0/s1. The number of hydrogen-bond donors (Lipinski definition) is 1. The summed E-state index contributed by atoms with van der Waals surface area (Å²) in [5, 5.41) is 3.64. The molecule has 9 heteroatoms. The highest BCUT2D eigenvalue weighted by molar-refractivity contribution is 6.30. The number of benzene rings is 1. The fourth-order valence-corrected chi connectivity index (χ4v) is 3.65. The van der Waals surface area contributed by atoms with Gasteiger partial charge >= 0.3 is 6.01 Å². The quantitative estimate of drug-likeness (QED) is 0.689. The number of amides is 1. The normalized spacial score (nSPS) is 15.4. The molecular weight excluding hydrogens is 394 g/mol. The van der Waals surface area contributed by atoms with E-state index in [0.717, 1.165) is 11.3 Å². The summed E-state index contributed by atoms with van der Waals surface area (Å²) in [6.45, 7) is 4.06. The van der Waals surface area contributed by atoms with Crippen LogP contribution >= 0.6 is 11.6 Å². The molecule has 150 valence electrons. The van der Waals surface area contributed by atoms with Gasteiger partial charge in [-0.15, -0.1) is 0 Å². The number of aromatic nitrogens is 4. The van der Waals surface area contributed by atoms with Gasteiger partial charge in [0.25, 0.3) is 5.91 Å². The first-order valence-corrected chi connectivity index (χ1v) is 9.46. The Morgan fingerprint density at radius 2 is 1.86 bits per heavy atom. The van der Waals surface area contributed by atoms with Gasteiger partial charge in [0, 0.05) is 17.3 Å². The molecular formula is C20H20ClN5O3. The molecule has 29 heavy (non-hydrogen) atoms. The van der Waals surface area contributed by atoms with Gasteiger partial charge in [-0.3, -0.25) is 4.79 Å². The van der Waals surface area contributed by atoms with Crippen molar-refractivity contribution in [2.24, 2.45) is 0 Å². The van der Waals surface area contributed by atoms with Crippen LogP contribution in [0.1, 0.15) is 47.7 Å². The summed E-state index contributed by atoms with van der Waals surface area (Å²) in [6, 6.07) is 7.29. The van der Waals surface area contributed by atoms with Crippen molar-refractivity contribution in [3.63, 3.8) is 0 Å². The lowest BCUT2D eigenvalue weighted by Gasteiger charge is -2.20. The fourth-order valence-electron chi connectivity index (χ4n) is 3.52. The first kappa shape index (κ1) is 19.2. The second-order valence-electron chi connectivity index (χ2n) is 6.87. The van der Waals surface area contributed by atoms with Crippen molar-refractivity contribution in [1.29, 1.82) is 0 Å². The molecule has 1 aliphatic rings. The molecule has 0 saturated heterocycles. The lowest BCUT2D eigenvalue weighted by Crippen LogP contribution is -2.23. The zero-order chi connectivity index (χ0) is 20.7. The summed E-state index contributed by atoms with van der Waals surface area (Å²) in [4.78, 5) is 25.8. The summed E-state index contributed by atoms with van der Waals surface area (Å²) in [5.74, 6) is 0.665. The number of halogens is 1. The first-order valence-electron chi connectivity index (χ1n) is 9.08. The van der Waals surface area contributed by atoms with Gasteiger partial charge in [0.1, 0.15) is 5.82 Å². The van der Waals surface area contributed by atoms with E-state index in [1.165, 1.54) is 14.2 Å². The number of nitrogens with one attached hydrogen (secondary N) is 1. The molecule has 1 N–H and O–H groups in total. The van der Waals surface area contributed by atoms with Crippen molar-refractivity contribution < 1.29 is 14.3 Å². The second kappa shape index (κ2) is 7.36. The molecule has 1 aliphatic heterocycles. The summed E-state index contributed by atoms with van der Waals surface area (Å²) >= 11 is 6.03. The average molecular weight is 414 g/mol. The van der Waals surface area contributed by atoms with Gasteiger partial charge in [-0.2, -0.15) is 4.98 Å². The van der Waals surface area contributed by atoms with Gasteiger partial charge in [-0.25, -0.2) is 9.97 Å². The number of nitrogens with zero attached hydrogens (tertiary/aromatic N) is 4. The van der Waals surface area contributed by atoms with Gasteiger partial charge < -0.3 is 19.4 Å². The van der Waals surface area contributed by atoms with Crippen LogP contribution in [0.25, 0.3) is 11.4 Å². The van der Waals surface area contributed by atoms with Crippen LogP contribution in [-0.4, -0.2) is 39.6 Å². The van der Waals surface area contributed by atoms with E-state index >= 15 is 0 Å². The van der Waals surface area contributed by atoms with Gasteiger partial charge in [0.2, 0.25) is 5.88 Å². The van der Waals surface area contributed by atoms with Crippen LogP contribution in [0.3, 0.4) is 0 Å².